The Morgan fingerprint density at radius 2 is 1.54 bits per heavy atom. The fourth-order valence-electron chi connectivity index (χ4n) is 8.82. The Morgan fingerprint density at radius 3 is 2.24 bits per heavy atom. The number of nitro benzene ring substituents is 1. The number of nitro groups is 1. The number of hydrogen-bond acceptors (Lipinski definition) is 7. The Morgan fingerprint density at radius 1 is 0.820 bits per heavy atom. The highest BCUT2D eigenvalue weighted by atomic mass is 35.5. The summed E-state index contributed by atoms with van der Waals surface area (Å²) in [7, 11) is 0. The molecule has 4 aromatic rings. The zero-order chi connectivity index (χ0) is 35.1. The van der Waals surface area contributed by atoms with Gasteiger partial charge in [0.05, 0.1) is 39.5 Å². The van der Waals surface area contributed by atoms with Crippen LogP contribution in [0.15, 0.2) is 109 Å². The number of hydrogen-bond donors (Lipinski definition) is 1. The summed E-state index contributed by atoms with van der Waals surface area (Å²) in [5, 5.41) is 22.0. The van der Waals surface area contributed by atoms with Crippen molar-refractivity contribution in [2.45, 2.75) is 24.2 Å². The average molecular weight is 692 g/mol. The van der Waals surface area contributed by atoms with Gasteiger partial charge in [0.1, 0.15) is 0 Å². The molecule has 0 aromatic heterocycles. The number of carbonyl (C=O) groups is 4. The summed E-state index contributed by atoms with van der Waals surface area (Å²) in [5.74, 6) is -8.24. The molecule has 3 fully saturated rings. The quantitative estimate of drug-likeness (QED) is 0.110. The maximum Gasteiger partial charge on any atom is 0.271 e. The summed E-state index contributed by atoms with van der Waals surface area (Å²) < 4.78 is 15.2. The highest BCUT2D eigenvalue weighted by molar-refractivity contribution is 6.32. The normalized spacial score (nSPS) is 27.2. The van der Waals surface area contributed by atoms with Crippen LogP contribution >= 0.6 is 11.6 Å². The number of aromatic hydroxyl groups is 1. The number of fused-ring (bicyclic) bond motifs is 4. The average Bonchev–Trinajstić information content (AvgIpc) is 3.50. The minimum absolute atomic E-state index is 0.0163. The van der Waals surface area contributed by atoms with Gasteiger partial charge in [-0.05, 0) is 66.3 Å². The molecule has 8 rings (SSSR count). The van der Waals surface area contributed by atoms with Gasteiger partial charge in [0, 0.05) is 23.1 Å². The number of benzene rings is 4. The molecular weight excluding hydrogens is 665 g/mol. The van der Waals surface area contributed by atoms with Crippen LogP contribution in [-0.4, -0.2) is 33.7 Å². The number of carbonyl (C=O) groups excluding carboxylic acids is 4. The zero-order valence-electron chi connectivity index (χ0n) is 26.1. The lowest BCUT2D eigenvalue weighted by Gasteiger charge is -2.50. The number of nitrogens with zero attached hydrogens (tertiary/aromatic N) is 3. The van der Waals surface area contributed by atoms with Gasteiger partial charge in [-0.2, -0.15) is 0 Å². The second kappa shape index (κ2) is 11.4. The molecule has 0 bridgehead atoms. The maximum atomic E-state index is 15.2. The van der Waals surface area contributed by atoms with Crippen LogP contribution < -0.4 is 9.80 Å². The number of amides is 4. The lowest BCUT2D eigenvalue weighted by Crippen LogP contribution is -2.53. The third-order valence-electron chi connectivity index (χ3n) is 10.8. The lowest BCUT2D eigenvalue weighted by molar-refractivity contribution is -0.384. The number of anilines is 2. The van der Waals surface area contributed by atoms with Gasteiger partial charge < -0.3 is 5.11 Å². The number of phenolic OH excluding ortho intramolecular Hbond substituents is 1. The first-order valence-electron chi connectivity index (χ1n) is 16.0. The second-order valence-electron chi connectivity index (χ2n) is 13.1. The van der Waals surface area contributed by atoms with Crippen molar-refractivity contribution in [3.05, 3.63) is 141 Å². The van der Waals surface area contributed by atoms with Crippen LogP contribution in [-0.2, 0) is 24.6 Å². The number of halogens is 2. The Labute approximate surface area is 289 Å². The highest BCUT2D eigenvalue weighted by Crippen LogP contribution is 2.64. The molecule has 4 aromatic carbocycles. The van der Waals surface area contributed by atoms with Crippen molar-refractivity contribution in [3.63, 3.8) is 0 Å². The van der Waals surface area contributed by atoms with Crippen molar-refractivity contribution >= 4 is 52.3 Å². The summed E-state index contributed by atoms with van der Waals surface area (Å²) in [5.41, 5.74) is -0.141. The van der Waals surface area contributed by atoms with E-state index in [0.29, 0.717) is 21.7 Å². The summed E-state index contributed by atoms with van der Waals surface area (Å²) in [6.07, 6.45) is 1.95. The van der Waals surface area contributed by atoms with Gasteiger partial charge in [0.15, 0.2) is 11.6 Å². The zero-order valence-corrected chi connectivity index (χ0v) is 26.9. The molecule has 0 spiro atoms. The van der Waals surface area contributed by atoms with E-state index < -0.39 is 75.1 Å². The lowest BCUT2D eigenvalue weighted by atomic mass is 9.49. The summed E-state index contributed by atoms with van der Waals surface area (Å²) >= 11 is 6.33. The number of allylic oxidation sites excluding steroid dienone is 2. The number of rotatable bonds is 5. The van der Waals surface area contributed by atoms with Gasteiger partial charge in [-0.3, -0.25) is 29.3 Å². The van der Waals surface area contributed by atoms with Gasteiger partial charge in [-0.1, -0.05) is 71.8 Å². The van der Waals surface area contributed by atoms with Crippen molar-refractivity contribution < 1.29 is 33.6 Å². The molecular formula is C38H27ClFN3O7. The van der Waals surface area contributed by atoms with Crippen LogP contribution in [0.2, 0.25) is 5.02 Å². The van der Waals surface area contributed by atoms with Crippen molar-refractivity contribution in [1.82, 2.24) is 0 Å². The molecule has 0 radical (unpaired) electrons. The smallest absolute Gasteiger partial charge is 0.271 e. The van der Waals surface area contributed by atoms with E-state index in [4.69, 9.17) is 11.6 Å². The predicted molar refractivity (Wildman–Crippen MR) is 180 cm³/mol. The first kappa shape index (κ1) is 31.6. The fourth-order valence-corrected chi connectivity index (χ4v) is 9.01. The van der Waals surface area contributed by atoms with Crippen molar-refractivity contribution in [1.29, 1.82) is 0 Å². The Kier molecular flexibility index (Phi) is 7.23. The topological polar surface area (TPSA) is 138 Å². The number of non-ortho nitro benzene ring substituents is 1. The van der Waals surface area contributed by atoms with Gasteiger partial charge in [-0.15, -0.1) is 0 Å². The molecule has 10 nitrogen and oxygen atoms in total. The molecule has 50 heavy (non-hydrogen) atoms. The Hall–Kier alpha value is -5.68. The minimum Gasteiger partial charge on any atom is -0.505 e. The van der Waals surface area contributed by atoms with E-state index in [1.165, 1.54) is 42.5 Å². The van der Waals surface area contributed by atoms with E-state index in [0.717, 1.165) is 15.9 Å². The molecule has 1 saturated carbocycles. The Balaban J connectivity index is 1.34. The van der Waals surface area contributed by atoms with E-state index in [9.17, 15) is 29.6 Å². The van der Waals surface area contributed by atoms with E-state index in [1.54, 1.807) is 48.5 Å². The van der Waals surface area contributed by atoms with Crippen molar-refractivity contribution in [2.75, 3.05) is 9.80 Å². The third kappa shape index (κ3) is 4.39. The van der Waals surface area contributed by atoms with E-state index in [1.807, 2.05) is 6.08 Å². The summed E-state index contributed by atoms with van der Waals surface area (Å²) in [6, 6.07) is 24.3. The molecule has 6 atom stereocenters. The van der Waals surface area contributed by atoms with Crippen molar-refractivity contribution in [3.8, 4) is 5.75 Å². The SMILES string of the molecule is O=C1C2CC=C3C(CC4C(=O)N(c5cccc(Cl)c5)C(=O)C4(c4ccccc4)C3c3ccc(O)c(F)c3)C2C(=O)N1c1cccc([N+](=O)[O-])c1. The fraction of sp³-hybridized carbons (Fsp3) is 0.211. The van der Waals surface area contributed by atoms with Crippen LogP contribution in [0.3, 0.4) is 0 Å². The van der Waals surface area contributed by atoms with Crippen LogP contribution in [0, 0.1) is 39.6 Å². The van der Waals surface area contributed by atoms with Crippen molar-refractivity contribution in [2.24, 2.45) is 23.7 Å². The molecule has 4 amide bonds. The van der Waals surface area contributed by atoms with Crippen LogP contribution in [0.1, 0.15) is 29.9 Å². The first-order valence-corrected chi connectivity index (χ1v) is 16.4. The number of phenols is 1. The first-order chi connectivity index (χ1) is 24.0. The molecule has 1 N–H and O–H groups in total. The molecule has 2 heterocycles. The molecule has 2 saturated heterocycles. The predicted octanol–water partition coefficient (Wildman–Crippen LogP) is 6.46. The van der Waals surface area contributed by atoms with Crippen LogP contribution in [0.25, 0.3) is 0 Å². The molecule has 12 heteroatoms. The van der Waals surface area contributed by atoms with Gasteiger partial charge in [0.2, 0.25) is 23.6 Å². The third-order valence-corrected chi connectivity index (χ3v) is 11.0. The number of imide groups is 2. The van der Waals surface area contributed by atoms with E-state index >= 15 is 9.18 Å². The van der Waals surface area contributed by atoms with Gasteiger partial charge >= 0.3 is 0 Å². The molecule has 2 aliphatic carbocycles. The van der Waals surface area contributed by atoms with E-state index in [-0.39, 0.29) is 29.9 Å². The molecule has 2 aliphatic heterocycles. The second-order valence-corrected chi connectivity index (χ2v) is 13.5. The van der Waals surface area contributed by atoms with Gasteiger partial charge in [-0.25, -0.2) is 14.2 Å². The van der Waals surface area contributed by atoms with Gasteiger partial charge in [0.25, 0.3) is 5.69 Å². The molecule has 6 unspecified atom stereocenters. The minimum atomic E-state index is -1.61. The van der Waals surface area contributed by atoms with Crippen LogP contribution in [0.5, 0.6) is 5.75 Å². The molecule has 250 valence electrons. The van der Waals surface area contributed by atoms with Crippen LogP contribution in [0.4, 0.5) is 21.5 Å². The Bertz CT molecular complexity index is 2190. The largest absolute Gasteiger partial charge is 0.505 e. The maximum absolute atomic E-state index is 15.2. The summed E-state index contributed by atoms with van der Waals surface area (Å²) in [6.45, 7) is 0. The van der Waals surface area contributed by atoms with E-state index in [2.05, 4.69) is 0 Å². The summed E-state index contributed by atoms with van der Waals surface area (Å²) in [4.78, 5) is 71.2. The highest BCUT2D eigenvalue weighted by Gasteiger charge is 2.70. The molecule has 4 aliphatic rings. The monoisotopic (exact) mass is 691 g/mol. The standard InChI is InChI=1S/C38H27ClFN3O7/c39-22-8-4-9-23(17-22)42-35(46)29-19-28-26(13-14-27-32(28)36(47)41(34(27)45)24-10-5-11-25(18-24)43(49)50)33(20-12-15-31(44)30(40)16-20)38(29,37(42)48)21-6-2-1-3-7-21/h1-13,15-18,27-29,32-33,44H,14,19H2.